The fourth-order valence-electron chi connectivity index (χ4n) is 4.71. The third-order valence-electron chi connectivity index (χ3n) is 6.60. The lowest BCUT2D eigenvalue weighted by Gasteiger charge is -2.32. The molecule has 2 aromatic rings. The monoisotopic (exact) mass is 369 g/mol. The number of hydrogen-bond acceptors (Lipinski definition) is 4. The van der Waals surface area contributed by atoms with Gasteiger partial charge >= 0.3 is 0 Å². The van der Waals surface area contributed by atoms with Gasteiger partial charge in [-0.1, -0.05) is 26.0 Å². The zero-order valence-electron chi connectivity index (χ0n) is 16.5. The highest BCUT2D eigenvalue weighted by Gasteiger charge is 2.44. The van der Waals surface area contributed by atoms with Crippen molar-refractivity contribution < 1.29 is 9.53 Å². The molecule has 0 bridgehead atoms. The number of ether oxygens (including phenoxy) is 1. The fraction of sp³-hybridized carbons (Fsp3) is 0.636. The minimum Gasteiger partial charge on any atom is -0.363 e. The van der Waals surface area contributed by atoms with Gasteiger partial charge in [-0.3, -0.25) is 4.79 Å². The Labute approximate surface area is 161 Å². The summed E-state index contributed by atoms with van der Waals surface area (Å²) in [6, 6.07) is 8.25. The molecular formula is C22H31N3O2. The average Bonchev–Trinajstić information content (AvgIpc) is 3.28. The number of ketones is 1. The maximum atomic E-state index is 12.3. The number of piperidine rings is 1. The lowest BCUT2D eigenvalue weighted by Crippen LogP contribution is -2.36. The number of Topliss-reactive ketones (excluding diaryl/α,β-unsaturated/α-hetero) is 1. The SMILES string of the molecule is CCC1(CC)OC(CCN2CCC(c3nc4ccccc4[nH]3)CC2)CC1=O. The largest absolute Gasteiger partial charge is 0.363 e. The van der Waals surface area contributed by atoms with E-state index in [1.54, 1.807) is 0 Å². The van der Waals surface area contributed by atoms with Gasteiger partial charge in [-0.15, -0.1) is 0 Å². The number of aromatic amines is 1. The van der Waals surface area contributed by atoms with Crippen LogP contribution in [0.25, 0.3) is 11.0 Å². The topological polar surface area (TPSA) is 58.2 Å². The van der Waals surface area contributed by atoms with Crippen molar-refractivity contribution in [2.75, 3.05) is 19.6 Å². The van der Waals surface area contributed by atoms with Gasteiger partial charge in [-0.2, -0.15) is 0 Å². The molecule has 5 nitrogen and oxygen atoms in total. The lowest BCUT2D eigenvalue weighted by molar-refractivity contribution is -0.134. The second-order valence-electron chi connectivity index (χ2n) is 8.11. The van der Waals surface area contributed by atoms with Crippen LogP contribution < -0.4 is 0 Å². The molecule has 0 aliphatic carbocycles. The number of hydrogen-bond donors (Lipinski definition) is 1. The summed E-state index contributed by atoms with van der Waals surface area (Å²) >= 11 is 0. The van der Waals surface area contributed by atoms with E-state index in [2.05, 4.69) is 41.9 Å². The highest BCUT2D eigenvalue weighted by atomic mass is 16.5. The van der Waals surface area contributed by atoms with E-state index < -0.39 is 5.60 Å². The molecule has 2 fully saturated rings. The summed E-state index contributed by atoms with van der Waals surface area (Å²) in [5.74, 6) is 1.96. The van der Waals surface area contributed by atoms with Gasteiger partial charge in [-0.25, -0.2) is 4.98 Å². The quantitative estimate of drug-likeness (QED) is 0.834. The molecule has 0 saturated carbocycles. The molecule has 2 aliphatic heterocycles. The van der Waals surface area contributed by atoms with E-state index in [-0.39, 0.29) is 6.10 Å². The van der Waals surface area contributed by atoms with E-state index in [0.717, 1.165) is 68.6 Å². The van der Waals surface area contributed by atoms with Gasteiger partial charge in [0.2, 0.25) is 0 Å². The molecule has 0 spiro atoms. The Balaban J connectivity index is 1.27. The van der Waals surface area contributed by atoms with Gasteiger partial charge in [0.1, 0.15) is 11.4 Å². The van der Waals surface area contributed by atoms with Crippen molar-refractivity contribution in [1.29, 1.82) is 0 Å². The zero-order valence-corrected chi connectivity index (χ0v) is 16.5. The Hall–Kier alpha value is -1.72. The summed E-state index contributed by atoms with van der Waals surface area (Å²) in [6.07, 6.45) is 5.52. The average molecular weight is 370 g/mol. The molecule has 2 aliphatic rings. The number of carbonyl (C=O) groups is 1. The van der Waals surface area contributed by atoms with Crippen LogP contribution in [-0.2, 0) is 9.53 Å². The third kappa shape index (κ3) is 3.67. The van der Waals surface area contributed by atoms with E-state index in [0.29, 0.717) is 18.1 Å². The van der Waals surface area contributed by atoms with Gasteiger partial charge in [-0.05, 0) is 57.3 Å². The van der Waals surface area contributed by atoms with E-state index in [1.165, 1.54) is 0 Å². The van der Waals surface area contributed by atoms with Crippen molar-refractivity contribution in [3.05, 3.63) is 30.1 Å². The minimum absolute atomic E-state index is 0.102. The fourth-order valence-corrected chi connectivity index (χ4v) is 4.71. The second kappa shape index (κ2) is 7.72. The minimum atomic E-state index is -0.501. The number of nitrogens with one attached hydrogen (secondary N) is 1. The molecule has 1 unspecified atom stereocenters. The molecule has 146 valence electrons. The number of benzene rings is 1. The number of nitrogens with zero attached hydrogens (tertiary/aromatic N) is 2. The van der Waals surface area contributed by atoms with E-state index in [4.69, 9.17) is 9.72 Å². The number of aromatic nitrogens is 2. The number of carbonyl (C=O) groups excluding carboxylic acids is 1. The summed E-state index contributed by atoms with van der Waals surface area (Å²) in [7, 11) is 0. The predicted octanol–water partition coefficient (Wildman–Crippen LogP) is 4.05. The van der Waals surface area contributed by atoms with Crippen LogP contribution in [0.4, 0.5) is 0 Å². The van der Waals surface area contributed by atoms with E-state index >= 15 is 0 Å². The van der Waals surface area contributed by atoms with Gasteiger partial charge in [0, 0.05) is 18.9 Å². The molecule has 2 saturated heterocycles. The van der Waals surface area contributed by atoms with Gasteiger partial charge < -0.3 is 14.6 Å². The maximum Gasteiger partial charge on any atom is 0.167 e. The summed E-state index contributed by atoms with van der Waals surface area (Å²) in [5.41, 5.74) is 1.69. The van der Waals surface area contributed by atoms with Crippen molar-refractivity contribution >= 4 is 16.8 Å². The van der Waals surface area contributed by atoms with Crippen LogP contribution in [-0.4, -0.2) is 52.0 Å². The predicted molar refractivity (Wildman–Crippen MR) is 107 cm³/mol. The normalized spacial score (nSPS) is 24.1. The Morgan fingerprint density at radius 2 is 1.96 bits per heavy atom. The molecule has 5 heteroatoms. The number of fused-ring (bicyclic) bond motifs is 1. The summed E-state index contributed by atoms with van der Waals surface area (Å²) in [5, 5.41) is 0. The molecule has 1 atom stereocenters. The first-order chi connectivity index (χ1) is 13.1. The first-order valence-electron chi connectivity index (χ1n) is 10.5. The van der Waals surface area contributed by atoms with Gasteiger partial charge in [0.05, 0.1) is 17.1 Å². The first-order valence-corrected chi connectivity index (χ1v) is 10.5. The summed E-state index contributed by atoms with van der Waals surface area (Å²) < 4.78 is 6.18. The number of H-pyrrole nitrogens is 1. The van der Waals surface area contributed by atoms with Crippen LogP contribution in [0.5, 0.6) is 0 Å². The zero-order chi connectivity index (χ0) is 18.9. The van der Waals surface area contributed by atoms with Crippen LogP contribution in [0.15, 0.2) is 24.3 Å². The first kappa shape index (κ1) is 18.6. The van der Waals surface area contributed by atoms with Gasteiger partial charge in [0.15, 0.2) is 5.78 Å². The molecule has 3 heterocycles. The number of imidazole rings is 1. The van der Waals surface area contributed by atoms with Crippen molar-refractivity contribution in [2.45, 2.75) is 70.0 Å². The summed E-state index contributed by atoms with van der Waals surface area (Å²) in [4.78, 5) is 23.1. The molecule has 1 aromatic heterocycles. The van der Waals surface area contributed by atoms with Crippen molar-refractivity contribution in [3.63, 3.8) is 0 Å². The van der Waals surface area contributed by atoms with Crippen LogP contribution >= 0.6 is 0 Å². The van der Waals surface area contributed by atoms with Crippen LogP contribution in [0, 0.1) is 0 Å². The van der Waals surface area contributed by atoms with E-state index in [9.17, 15) is 4.79 Å². The Morgan fingerprint density at radius 3 is 2.63 bits per heavy atom. The number of rotatable bonds is 6. The molecule has 4 rings (SSSR count). The molecule has 0 radical (unpaired) electrons. The second-order valence-corrected chi connectivity index (χ2v) is 8.11. The Morgan fingerprint density at radius 1 is 1.22 bits per heavy atom. The van der Waals surface area contributed by atoms with Crippen molar-refractivity contribution in [2.24, 2.45) is 0 Å². The lowest BCUT2D eigenvalue weighted by atomic mass is 9.92. The van der Waals surface area contributed by atoms with E-state index in [1.807, 2.05) is 6.07 Å². The van der Waals surface area contributed by atoms with Crippen molar-refractivity contribution in [1.82, 2.24) is 14.9 Å². The maximum absolute atomic E-state index is 12.3. The Bertz CT molecular complexity index is 755. The van der Waals surface area contributed by atoms with Crippen LogP contribution in [0.1, 0.15) is 64.1 Å². The number of likely N-dealkylation sites (tertiary alicyclic amines) is 1. The Kier molecular flexibility index (Phi) is 5.33. The van der Waals surface area contributed by atoms with Crippen LogP contribution in [0.2, 0.25) is 0 Å². The standard InChI is InChI=1S/C22H31N3O2/c1-3-22(4-2)20(26)15-17(27-22)11-14-25-12-9-16(10-13-25)21-23-18-7-5-6-8-19(18)24-21/h5-8,16-17H,3-4,9-15H2,1-2H3,(H,23,24). The van der Waals surface area contributed by atoms with Crippen molar-refractivity contribution in [3.8, 4) is 0 Å². The molecule has 1 aromatic carbocycles. The number of para-hydroxylation sites is 2. The molecule has 27 heavy (non-hydrogen) atoms. The van der Waals surface area contributed by atoms with Crippen LogP contribution in [0.3, 0.4) is 0 Å². The highest BCUT2D eigenvalue weighted by molar-refractivity contribution is 5.89. The smallest absolute Gasteiger partial charge is 0.167 e. The summed E-state index contributed by atoms with van der Waals surface area (Å²) in [6.45, 7) is 7.33. The highest BCUT2D eigenvalue weighted by Crippen LogP contribution is 2.34. The van der Waals surface area contributed by atoms with Gasteiger partial charge in [0.25, 0.3) is 0 Å². The molecule has 1 N–H and O–H groups in total. The third-order valence-corrected chi connectivity index (χ3v) is 6.60. The molecular weight excluding hydrogens is 338 g/mol. The molecule has 0 amide bonds.